The van der Waals surface area contributed by atoms with Gasteiger partial charge in [0, 0.05) is 30.9 Å². The number of rotatable bonds is 6. The molecule has 0 radical (unpaired) electrons. The highest BCUT2D eigenvalue weighted by Gasteiger charge is 2.16. The first-order valence-corrected chi connectivity index (χ1v) is 7.05. The smallest absolute Gasteiger partial charge is 0.293 e. The van der Waals surface area contributed by atoms with Crippen LogP contribution in [0.1, 0.15) is 22.0 Å². The third-order valence-corrected chi connectivity index (χ3v) is 4.14. The lowest BCUT2D eigenvalue weighted by atomic mass is 10.2. The molecule has 0 aliphatic heterocycles. The number of carbonyl (C=O) groups excluding carboxylic acids is 1. The predicted molar refractivity (Wildman–Crippen MR) is 74.8 cm³/mol. The zero-order valence-electron chi connectivity index (χ0n) is 11.4. The monoisotopic (exact) mass is 292 g/mol. The second-order valence-electron chi connectivity index (χ2n) is 4.37. The van der Waals surface area contributed by atoms with Gasteiger partial charge in [0.25, 0.3) is 6.47 Å². The molecule has 0 bridgehead atoms. The zero-order chi connectivity index (χ0) is 14.5. The molecule has 0 amide bonds. The maximum absolute atomic E-state index is 10.1. The Balaban J connectivity index is 2.11. The predicted octanol–water partition coefficient (Wildman–Crippen LogP) is 1.89. The third kappa shape index (κ3) is 3.30. The molecule has 0 aromatic carbocycles. The normalized spacial score (nSPS) is 10.5. The highest BCUT2D eigenvalue weighted by atomic mass is 32.1. The molecule has 1 N–H and O–H groups in total. The fraction of sp³-hybridized carbons (Fsp3) is 0.385. The van der Waals surface area contributed by atoms with Crippen molar-refractivity contribution in [3.8, 4) is 0 Å². The van der Waals surface area contributed by atoms with Crippen molar-refractivity contribution in [2.45, 2.75) is 26.8 Å². The van der Waals surface area contributed by atoms with Gasteiger partial charge in [0.1, 0.15) is 0 Å². The van der Waals surface area contributed by atoms with E-state index >= 15 is 0 Å². The lowest BCUT2D eigenvalue weighted by Gasteiger charge is -2.09. The number of hydrogen-bond acceptors (Lipinski definition) is 5. The summed E-state index contributed by atoms with van der Waals surface area (Å²) in [6.45, 7) is 5.23. The van der Waals surface area contributed by atoms with Gasteiger partial charge in [-0.1, -0.05) is 17.2 Å². The van der Waals surface area contributed by atoms with E-state index in [-0.39, 0.29) is 5.82 Å². The number of aryl methyl sites for hydroxylation is 1. The van der Waals surface area contributed by atoms with Crippen molar-refractivity contribution in [3.05, 3.63) is 39.4 Å². The molecular weight excluding hydrogens is 276 g/mol. The van der Waals surface area contributed by atoms with Gasteiger partial charge in [0.2, 0.25) is 5.51 Å². The fourth-order valence-electron chi connectivity index (χ4n) is 1.84. The van der Waals surface area contributed by atoms with Gasteiger partial charge in [-0.05, 0) is 6.92 Å². The summed E-state index contributed by atoms with van der Waals surface area (Å²) in [7, 11) is 0. The second-order valence-corrected chi connectivity index (χ2v) is 5.31. The molecule has 7 heteroatoms. The van der Waals surface area contributed by atoms with Crippen LogP contribution in [-0.4, -0.2) is 23.0 Å². The average molecular weight is 292 g/mol. The van der Waals surface area contributed by atoms with Crippen molar-refractivity contribution >= 4 is 23.6 Å². The molecule has 0 spiro atoms. The van der Waals surface area contributed by atoms with Crippen LogP contribution in [0.15, 0.2) is 11.7 Å². The van der Waals surface area contributed by atoms with Crippen LogP contribution in [0.25, 0.3) is 5.73 Å². The lowest BCUT2D eigenvalue weighted by molar-refractivity contribution is -0.689. The van der Waals surface area contributed by atoms with E-state index in [1.165, 1.54) is 4.88 Å². The van der Waals surface area contributed by atoms with E-state index in [9.17, 15) is 4.79 Å². The van der Waals surface area contributed by atoms with Crippen molar-refractivity contribution in [2.75, 3.05) is 6.61 Å². The summed E-state index contributed by atoms with van der Waals surface area (Å²) in [4.78, 5) is 19.5. The minimum absolute atomic E-state index is 0.265. The zero-order valence-corrected chi connectivity index (χ0v) is 12.2. The maximum atomic E-state index is 10.1. The second kappa shape index (κ2) is 6.42. The highest BCUT2D eigenvalue weighted by molar-refractivity contribution is 7.09. The Hall–Kier alpha value is -2.02. The first-order valence-electron chi connectivity index (χ1n) is 6.17. The van der Waals surface area contributed by atoms with Crippen molar-refractivity contribution < 1.29 is 14.1 Å². The van der Waals surface area contributed by atoms with E-state index in [1.54, 1.807) is 24.5 Å². The van der Waals surface area contributed by atoms with E-state index in [0.717, 1.165) is 11.3 Å². The summed E-state index contributed by atoms with van der Waals surface area (Å²) in [5, 5.41) is 0. The molecule has 0 aliphatic rings. The third-order valence-electron chi connectivity index (χ3n) is 3.00. The van der Waals surface area contributed by atoms with Gasteiger partial charge >= 0.3 is 0 Å². The van der Waals surface area contributed by atoms with Gasteiger partial charge in [0.05, 0.1) is 11.5 Å². The highest BCUT2D eigenvalue weighted by Crippen LogP contribution is 2.16. The summed E-state index contributed by atoms with van der Waals surface area (Å²) < 4.78 is 6.78. The molecule has 20 heavy (non-hydrogen) atoms. The van der Waals surface area contributed by atoms with Crippen molar-refractivity contribution in [3.63, 3.8) is 0 Å². The van der Waals surface area contributed by atoms with E-state index in [0.29, 0.717) is 31.9 Å². The maximum Gasteiger partial charge on any atom is 0.293 e. The average Bonchev–Trinajstić information content (AvgIpc) is 2.75. The summed E-state index contributed by atoms with van der Waals surface area (Å²) in [6, 6.07) is 0. The molecular formula is C13H16N4O2S. The molecule has 2 aromatic heterocycles. The first-order chi connectivity index (χ1) is 9.61. The van der Waals surface area contributed by atoms with Crippen LogP contribution in [-0.2, 0) is 22.5 Å². The van der Waals surface area contributed by atoms with Gasteiger partial charge in [-0.15, -0.1) is 0 Å². The Bertz CT molecular complexity index is 612. The van der Waals surface area contributed by atoms with Crippen molar-refractivity contribution in [2.24, 2.45) is 0 Å². The van der Waals surface area contributed by atoms with Crippen LogP contribution < -0.4 is 4.57 Å². The Morgan fingerprint density at radius 1 is 1.50 bits per heavy atom. The molecule has 2 rings (SSSR count). The van der Waals surface area contributed by atoms with Crippen molar-refractivity contribution in [1.29, 1.82) is 0 Å². The number of thiazole rings is 1. The van der Waals surface area contributed by atoms with Gasteiger partial charge in [-0.2, -0.15) is 4.57 Å². The molecule has 106 valence electrons. The number of nitrogens with zero attached hydrogens (tertiary/aromatic N) is 3. The summed E-state index contributed by atoms with van der Waals surface area (Å²) in [6.07, 6.45) is 2.41. The van der Waals surface area contributed by atoms with Gasteiger partial charge < -0.3 is 15.5 Å². The number of carbonyl (C=O) groups is 1. The number of hydrogen-bond donors (Lipinski definition) is 0. The lowest BCUT2D eigenvalue weighted by Crippen LogP contribution is -2.35. The Kier molecular flexibility index (Phi) is 4.62. The van der Waals surface area contributed by atoms with Gasteiger partial charge in [-0.3, -0.25) is 9.78 Å². The van der Waals surface area contributed by atoms with Gasteiger partial charge in [-0.25, -0.2) is 0 Å². The summed E-state index contributed by atoms with van der Waals surface area (Å²) >= 11 is 1.62. The summed E-state index contributed by atoms with van der Waals surface area (Å²) in [5.41, 5.74) is 11.8. The van der Waals surface area contributed by atoms with Crippen LogP contribution in [0.2, 0.25) is 0 Å². The van der Waals surface area contributed by atoms with E-state index in [1.807, 2.05) is 12.4 Å². The van der Waals surface area contributed by atoms with E-state index in [4.69, 9.17) is 10.5 Å². The molecule has 0 fully saturated rings. The minimum atomic E-state index is 0.265. The van der Waals surface area contributed by atoms with Crippen LogP contribution in [0.3, 0.4) is 0 Å². The fourth-order valence-corrected chi connectivity index (χ4v) is 2.82. The standard InChI is InChI=1S/C13H16N4O2S/c1-9-12(3-4-19-8-18)20-7-17(9)6-11-5-15-10(2)16-13(11)14/h5,7-8H,3-4,6H2,1-2H3,(H-,14,15,16). The van der Waals surface area contributed by atoms with Crippen LogP contribution in [0, 0.1) is 13.8 Å². The number of nitrogens with one attached hydrogen (secondary N) is 1. The quantitative estimate of drug-likeness (QED) is 0.462. The van der Waals surface area contributed by atoms with Crippen LogP contribution >= 0.6 is 11.3 Å². The minimum Gasteiger partial charge on any atom is -0.482 e. The Morgan fingerprint density at radius 3 is 3.00 bits per heavy atom. The Labute approximate surface area is 121 Å². The molecule has 0 saturated carbocycles. The number of ether oxygens (including phenoxy) is 1. The molecule has 0 atom stereocenters. The SMILES string of the molecule is Cc1ncc(C[n+]2csc(CCOC=O)c2C)c([NH-])n1. The molecule has 0 unspecified atom stereocenters. The molecule has 2 heterocycles. The molecule has 0 aliphatic carbocycles. The first kappa shape index (κ1) is 14.4. The van der Waals surface area contributed by atoms with Crippen LogP contribution in [0.5, 0.6) is 0 Å². The van der Waals surface area contributed by atoms with Gasteiger partial charge in [0.15, 0.2) is 12.2 Å². The Morgan fingerprint density at radius 2 is 2.30 bits per heavy atom. The molecule has 0 saturated heterocycles. The van der Waals surface area contributed by atoms with E-state index < -0.39 is 0 Å². The summed E-state index contributed by atoms with van der Waals surface area (Å²) in [5.74, 6) is 0.874. The van der Waals surface area contributed by atoms with Crippen molar-refractivity contribution in [1.82, 2.24) is 9.97 Å². The van der Waals surface area contributed by atoms with Crippen LogP contribution in [0.4, 0.5) is 5.82 Å². The topological polar surface area (TPSA) is 79.8 Å². The van der Waals surface area contributed by atoms with E-state index in [2.05, 4.69) is 14.5 Å². The molecule has 2 aromatic rings. The molecule has 6 nitrogen and oxygen atoms in total. The number of aromatic nitrogens is 3. The largest absolute Gasteiger partial charge is 0.482 e.